The summed E-state index contributed by atoms with van der Waals surface area (Å²) in [6, 6.07) is 64.9. The van der Waals surface area contributed by atoms with Crippen LogP contribution in [0, 0.1) is 17.8 Å². The maximum atomic E-state index is 2.48. The van der Waals surface area contributed by atoms with Crippen LogP contribution in [0.5, 0.6) is 0 Å². The summed E-state index contributed by atoms with van der Waals surface area (Å²) in [5.74, 6) is 2.84. The third kappa shape index (κ3) is 5.84. The number of fused-ring (bicyclic) bond motifs is 3. The Morgan fingerprint density at radius 1 is 0.382 bits per heavy atom. The molecule has 0 amide bonds. The lowest BCUT2D eigenvalue weighted by molar-refractivity contribution is -0.00518. The molecule has 55 heavy (non-hydrogen) atoms. The largest absolute Gasteiger partial charge is 0.310 e. The van der Waals surface area contributed by atoms with Crippen LogP contribution in [0.3, 0.4) is 0 Å². The number of hydrogen-bond acceptors (Lipinski definition) is 3. The molecule has 7 aromatic carbocycles. The molecule has 0 saturated heterocycles. The molecule has 0 spiro atoms. The molecule has 0 atom stereocenters. The van der Waals surface area contributed by atoms with Crippen LogP contribution in [0.2, 0.25) is 0 Å². The number of anilines is 6. The van der Waals surface area contributed by atoms with Gasteiger partial charge < -0.3 is 9.80 Å². The second kappa shape index (κ2) is 13.3. The van der Waals surface area contributed by atoms with Gasteiger partial charge in [-0.25, -0.2) is 0 Å². The molecule has 4 fully saturated rings. The molecule has 4 aliphatic rings. The Bertz CT molecular complexity index is 2570. The fraction of sp³-hybridized carbons (Fsp3) is 0.192. The van der Waals surface area contributed by atoms with Crippen LogP contribution in [0.1, 0.15) is 44.1 Å². The minimum atomic E-state index is 0.403. The molecule has 8 aromatic rings. The van der Waals surface area contributed by atoms with Gasteiger partial charge in [0.15, 0.2) is 0 Å². The molecule has 0 N–H and O–H groups in total. The maximum Gasteiger partial charge on any atom is 0.0476 e. The summed E-state index contributed by atoms with van der Waals surface area (Å²) < 4.78 is 2.59. The Kier molecular flexibility index (Phi) is 7.91. The van der Waals surface area contributed by atoms with Gasteiger partial charge in [-0.05, 0) is 157 Å². The molecule has 3 heteroatoms. The standard InChI is InChI=1S/C52H44N2S/c1-4-10-39(11-5-1)40-16-20-44(21-17-40)54(43-14-8-3-9-15-43)47-24-26-48-49-31-46(25-27-50(49)55-51(48)32-47)53(42-12-6-2-7-13-42)45-22-18-41(19-23-45)52-33-36-28-37(34-52)30-38(29-36)35-52/h1-27,31-32,36-38H,28-30,33-35H2. The van der Waals surface area contributed by atoms with Crippen molar-refractivity contribution in [2.75, 3.05) is 9.80 Å². The predicted molar refractivity (Wildman–Crippen MR) is 234 cm³/mol. The molecule has 268 valence electrons. The highest BCUT2D eigenvalue weighted by Crippen LogP contribution is 2.61. The van der Waals surface area contributed by atoms with E-state index in [0.717, 1.165) is 34.8 Å². The highest BCUT2D eigenvalue weighted by molar-refractivity contribution is 7.25. The smallest absolute Gasteiger partial charge is 0.0476 e. The monoisotopic (exact) mass is 728 g/mol. The average molecular weight is 729 g/mol. The third-order valence-corrected chi connectivity index (χ3v) is 14.1. The molecular weight excluding hydrogens is 685 g/mol. The predicted octanol–water partition coefficient (Wildman–Crippen LogP) is 15.1. The quantitative estimate of drug-likeness (QED) is 0.154. The maximum absolute atomic E-state index is 2.48. The number of benzene rings is 7. The molecule has 1 aromatic heterocycles. The SMILES string of the molecule is c1ccc(-c2ccc(N(c3ccccc3)c3ccc4c(c3)sc3ccc(N(c5ccccc5)c5ccc(C67CC8CC(CC(C8)C6)C7)cc5)cc34)cc2)cc1. The van der Waals surface area contributed by atoms with Crippen molar-refractivity contribution in [1.82, 2.24) is 0 Å². The van der Waals surface area contributed by atoms with Gasteiger partial charge in [0.05, 0.1) is 0 Å². The number of nitrogens with zero attached hydrogens (tertiary/aromatic N) is 2. The fourth-order valence-corrected chi connectivity index (χ4v) is 12.1. The zero-order chi connectivity index (χ0) is 36.3. The van der Waals surface area contributed by atoms with Gasteiger partial charge >= 0.3 is 0 Å². The first kappa shape index (κ1) is 32.8. The van der Waals surface area contributed by atoms with E-state index < -0.39 is 0 Å². The van der Waals surface area contributed by atoms with E-state index in [2.05, 4.69) is 186 Å². The second-order valence-corrected chi connectivity index (χ2v) is 17.5. The Morgan fingerprint density at radius 3 is 1.42 bits per heavy atom. The summed E-state index contributed by atoms with van der Waals surface area (Å²) in [4.78, 5) is 4.81. The van der Waals surface area contributed by atoms with Crippen LogP contribution in [0.25, 0.3) is 31.3 Å². The Labute approximate surface area is 328 Å². The van der Waals surface area contributed by atoms with E-state index in [1.165, 1.54) is 86.9 Å². The lowest BCUT2D eigenvalue weighted by atomic mass is 9.48. The molecule has 12 rings (SSSR count). The highest BCUT2D eigenvalue weighted by Gasteiger charge is 2.51. The zero-order valence-corrected chi connectivity index (χ0v) is 31.8. The summed E-state index contributed by atoms with van der Waals surface area (Å²) in [6.07, 6.45) is 8.63. The van der Waals surface area contributed by atoms with Crippen LogP contribution in [0.15, 0.2) is 176 Å². The van der Waals surface area contributed by atoms with Crippen LogP contribution >= 0.6 is 11.3 Å². The average Bonchev–Trinajstić information content (AvgIpc) is 3.60. The molecule has 2 nitrogen and oxygen atoms in total. The minimum Gasteiger partial charge on any atom is -0.310 e. The first-order chi connectivity index (χ1) is 27.2. The second-order valence-electron chi connectivity index (χ2n) is 16.5. The van der Waals surface area contributed by atoms with E-state index in [1.807, 2.05) is 11.3 Å². The molecule has 0 unspecified atom stereocenters. The van der Waals surface area contributed by atoms with E-state index >= 15 is 0 Å². The van der Waals surface area contributed by atoms with E-state index in [9.17, 15) is 0 Å². The molecule has 0 aliphatic heterocycles. The van der Waals surface area contributed by atoms with Gasteiger partial charge in [0.2, 0.25) is 0 Å². The molecule has 4 saturated carbocycles. The highest BCUT2D eigenvalue weighted by atomic mass is 32.1. The first-order valence-electron chi connectivity index (χ1n) is 20.1. The number of hydrogen-bond donors (Lipinski definition) is 0. The van der Waals surface area contributed by atoms with Crippen molar-refractivity contribution in [1.29, 1.82) is 0 Å². The van der Waals surface area contributed by atoms with Gasteiger partial charge in [-0.15, -0.1) is 11.3 Å². The van der Waals surface area contributed by atoms with Crippen LogP contribution < -0.4 is 9.80 Å². The summed E-state index contributed by atoms with van der Waals surface area (Å²) in [7, 11) is 0. The Hall–Kier alpha value is -5.64. The van der Waals surface area contributed by atoms with E-state index in [-0.39, 0.29) is 0 Å². The number of para-hydroxylation sites is 2. The van der Waals surface area contributed by atoms with E-state index in [1.54, 1.807) is 5.56 Å². The normalized spacial score (nSPS) is 21.3. The molecule has 4 bridgehead atoms. The summed E-state index contributed by atoms with van der Waals surface area (Å²) >= 11 is 1.88. The number of rotatable bonds is 8. The zero-order valence-electron chi connectivity index (χ0n) is 31.0. The van der Waals surface area contributed by atoms with Crippen molar-refractivity contribution in [3.05, 3.63) is 181 Å². The van der Waals surface area contributed by atoms with Crippen molar-refractivity contribution in [3.63, 3.8) is 0 Å². The lowest BCUT2D eigenvalue weighted by Gasteiger charge is -2.57. The van der Waals surface area contributed by atoms with Gasteiger partial charge in [-0.3, -0.25) is 0 Å². The molecular formula is C52H44N2S. The van der Waals surface area contributed by atoms with Crippen molar-refractivity contribution in [2.45, 2.75) is 43.9 Å². The van der Waals surface area contributed by atoms with Gasteiger partial charge in [0.25, 0.3) is 0 Å². The van der Waals surface area contributed by atoms with E-state index in [4.69, 9.17) is 0 Å². The van der Waals surface area contributed by atoms with Crippen LogP contribution in [-0.2, 0) is 5.41 Å². The van der Waals surface area contributed by atoms with Gasteiger partial charge in [0, 0.05) is 54.3 Å². The summed E-state index contributed by atoms with van der Waals surface area (Å²) in [6.45, 7) is 0. The van der Waals surface area contributed by atoms with Gasteiger partial charge in [-0.2, -0.15) is 0 Å². The van der Waals surface area contributed by atoms with Crippen molar-refractivity contribution < 1.29 is 0 Å². The molecule has 1 heterocycles. The minimum absolute atomic E-state index is 0.403. The first-order valence-corrected chi connectivity index (χ1v) is 20.9. The summed E-state index contributed by atoms with van der Waals surface area (Å²) in [5, 5.41) is 2.59. The fourth-order valence-electron chi connectivity index (χ4n) is 10.9. The van der Waals surface area contributed by atoms with Gasteiger partial charge in [0.1, 0.15) is 0 Å². The topological polar surface area (TPSA) is 6.48 Å². The van der Waals surface area contributed by atoms with Crippen LogP contribution in [-0.4, -0.2) is 0 Å². The molecule has 4 aliphatic carbocycles. The lowest BCUT2D eigenvalue weighted by Crippen LogP contribution is -2.48. The van der Waals surface area contributed by atoms with E-state index in [0.29, 0.717) is 5.41 Å². The van der Waals surface area contributed by atoms with Crippen molar-refractivity contribution >= 4 is 65.6 Å². The summed E-state index contributed by atoms with van der Waals surface area (Å²) in [5.41, 5.74) is 11.5. The van der Waals surface area contributed by atoms with Crippen molar-refractivity contribution in [3.8, 4) is 11.1 Å². The third-order valence-electron chi connectivity index (χ3n) is 13.0. The Balaban J connectivity index is 0.958. The van der Waals surface area contributed by atoms with Crippen LogP contribution in [0.4, 0.5) is 34.1 Å². The molecule has 0 radical (unpaired) electrons. The Morgan fingerprint density at radius 2 is 0.836 bits per heavy atom. The van der Waals surface area contributed by atoms with Crippen molar-refractivity contribution in [2.24, 2.45) is 17.8 Å². The number of thiophene rings is 1. The van der Waals surface area contributed by atoms with Gasteiger partial charge in [-0.1, -0.05) is 97.1 Å².